The molecule has 5 nitrogen and oxygen atoms in total. The Morgan fingerprint density at radius 2 is 2.04 bits per heavy atom. The Labute approximate surface area is 152 Å². The topological polar surface area (TPSA) is 51.7 Å². The van der Waals surface area contributed by atoms with Crippen molar-refractivity contribution in [2.45, 2.75) is 39.2 Å². The maximum Gasteiger partial charge on any atom is 0.223 e. The van der Waals surface area contributed by atoms with Crippen LogP contribution in [-0.2, 0) is 17.6 Å². The smallest absolute Gasteiger partial charge is 0.223 e. The lowest BCUT2D eigenvalue weighted by atomic mass is 9.92. The van der Waals surface area contributed by atoms with E-state index in [2.05, 4.69) is 11.9 Å². The van der Waals surface area contributed by atoms with Crippen LogP contribution in [0.4, 0.5) is 0 Å². The minimum atomic E-state index is 0.0404. The van der Waals surface area contributed by atoms with Crippen LogP contribution in [0.15, 0.2) is 17.6 Å². The normalized spacial score (nSPS) is 16.5. The lowest BCUT2D eigenvalue weighted by molar-refractivity contribution is -0.133. The first-order chi connectivity index (χ1) is 12.0. The summed E-state index contributed by atoms with van der Waals surface area (Å²) in [4.78, 5) is 20.2. The summed E-state index contributed by atoms with van der Waals surface area (Å²) in [6.07, 6.45) is 2.12. The number of aryl methyl sites for hydroxylation is 2. The van der Waals surface area contributed by atoms with Gasteiger partial charge < -0.3 is 14.4 Å². The second-order valence-corrected chi connectivity index (χ2v) is 7.22. The van der Waals surface area contributed by atoms with Gasteiger partial charge in [0.2, 0.25) is 5.91 Å². The van der Waals surface area contributed by atoms with E-state index in [0.29, 0.717) is 12.2 Å². The third kappa shape index (κ3) is 3.49. The Morgan fingerprint density at radius 1 is 1.32 bits per heavy atom. The Bertz CT molecular complexity index is 772. The van der Waals surface area contributed by atoms with E-state index in [4.69, 9.17) is 9.47 Å². The highest BCUT2D eigenvalue weighted by molar-refractivity contribution is 7.09. The molecule has 134 valence electrons. The summed E-state index contributed by atoms with van der Waals surface area (Å²) >= 11 is 1.62. The number of methoxy groups -OCH3 is 2. The van der Waals surface area contributed by atoms with Gasteiger partial charge in [0.1, 0.15) is 0 Å². The van der Waals surface area contributed by atoms with Gasteiger partial charge in [-0.3, -0.25) is 4.79 Å². The maximum atomic E-state index is 12.8. The van der Waals surface area contributed by atoms with E-state index in [9.17, 15) is 4.79 Å². The van der Waals surface area contributed by atoms with Crippen molar-refractivity contribution in [2.75, 3.05) is 20.8 Å². The Balaban J connectivity index is 1.75. The fourth-order valence-corrected chi connectivity index (χ4v) is 4.20. The lowest BCUT2D eigenvalue weighted by Crippen LogP contribution is -2.39. The molecule has 2 aromatic rings. The molecule has 0 spiro atoms. The first-order valence-corrected chi connectivity index (χ1v) is 9.36. The fourth-order valence-electron chi connectivity index (χ4n) is 3.42. The standard InChI is InChI=1S/C19H24N2O3S/c1-12-18(25-11-20-12)5-6-19(22)21-8-7-14-9-16(23-3)17(24-4)10-15(14)13(21)2/h9-11,13H,5-8H2,1-4H3. The van der Waals surface area contributed by atoms with Crippen LogP contribution in [0.3, 0.4) is 0 Å². The van der Waals surface area contributed by atoms with Gasteiger partial charge in [0.25, 0.3) is 0 Å². The maximum absolute atomic E-state index is 12.8. The van der Waals surface area contributed by atoms with Crippen molar-refractivity contribution >= 4 is 17.2 Å². The molecule has 25 heavy (non-hydrogen) atoms. The highest BCUT2D eigenvalue weighted by atomic mass is 32.1. The molecular formula is C19H24N2O3S. The number of rotatable bonds is 5. The van der Waals surface area contributed by atoms with E-state index in [-0.39, 0.29) is 11.9 Å². The summed E-state index contributed by atoms with van der Waals surface area (Å²) in [5.41, 5.74) is 5.25. The van der Waals surface area contributed by atoms with Gasteiger partial charge in [-0.1, -0.05) is 0 Å². The fraction of sp³-hybridized carbons (Fsp3) is 0.474. The number of carbonyl (C=O) groups excluding carboxylic acids is 1. The van der Waals surface area contributed by atoms with Crippen molar-refractivity contribution in [3.63, 3.8) is 0 Å². The minimum absolute atomic E-state index is 0.0404. The van der Waals surface area contributed by atoms with Gasteiger partial charge in [-0.15, -0.1) is 11.3 Å². The number of nitrogens with zero attached hydrogens (tertiary/aromatic N) is 2. The van der Waals surface area contributed by atoms with Crippen molar-refractivity contribution in [1.29, 1.82) is 0 Å². The van der Waals surface area contributed by atoms with E-state index < -0.39 is 0 Å². The number of benzene rings is 1. The van der Waals surface area contributed by atoms with Crippen LogP contribution in [-0.4, -0.2) is 36.6 Å². The van der Waals surface area contributed by atoms with E-state index in [1.165, 1.54) is 10.4 Å². The molecule has 1 amide bonds. The average Bonchev–Trinajstić information content (AvgIpc) is 3.04. The van der Waals surface area contributed by atoms with Crippen LogP contribution in [0.2, 0.25) is 0 Å². The molecule has 1 aliphatic heterocycles. The third-order valence-corrected chi connectivity index (χ3v) is 5.91. The van der Waals surface area contributed by atoms with Gasteiger partial charge in [-0.05, 0) is 49.9 Å². The van der Waals surface area contributed by atoms with Crippen LogP contribution in [0.5, 0.6) is 11.5 Å². The second-order valence-electron chi connectivity index (χ2n) is 6.28. The summed E-state index contributed by atoms with van der Waals surface area (Å²) in [5.74, 6) is 1.65. The molecule has 3 rings (SSSR count). The Morgan fingerprint density at radius 3 is 2.68 bits per heavy atom. The monoisotopic (exact) mass is 360 g/mol. The van der Waals surface area contributed by atoms with Crippen molar-refractivity contribution < 1.29 is 14.3 Å². The van der Waals surface area contributed by atoms with E-state index in [1.807, 2.05) is 29.5 Å². The molecule has 1 aromatic carbocycles. The molecule has 0 N–H and O–H groups in total. The van der Waals surface area contributed by atoms with Crippen LogP contribution >= 0.6 is 11.3 Å². The first kappa shape index (κ1) is 17.7. The minimum Gasteiger partial charge on any atom is -0.493 e. The van der Waals surface area contributed by atoms with E-state index in [0.717, 1.165) is 36.4 Å². The Kier molecular flexibility index (Phi) is 5.27. The van der Waals surface area contributed by atoms with Crippen LogP contribution in [0, 0.1) is 6.92 Å². The number of hydrogen-bond acceptors (Lipinski definition) is 5. The molecule has 0 bridgehead atoms. The number of thiazole rings is 1. The van der Waals surface area contributed by atoms with Gasteiger partial charge in [0.15, 0.2) is 11.5 Å². The van der Waals surface area contributed by atoms with Gasteiger partial charge in [-0.2, -0.15) is 0 Å². The number of amides is 1. The lowest BCUT2D eigenvalue weighted by Gasteiger charge is -2.36. The molecule has 0 aliphatic carbocycles. The SMILES string of the molecule is COc1cc2c(cc1OC)C(C)N(C(=O)CCc1scnc1C)CC2. The van der Waals surface area contributed by atoms with Crippen LogP contribution in [0.1, 0.15) is 41.1 Å². The molecule has 1 aromatic heterocycles. The third-order valence-electron chi connectivity index (χ3n) is 4.92. The molecule has 0 saturated heterocycles. The quantitative estimate of drug-likeness (QED) is 0.818. The second kappa shape index (κ2) is 7.44. The van der Waals surface area contributed by atoms with Crippen molar-refractivity contribution in [3.8, 4) is 11.5 Å². The van der Waals surface area contributed by atoms with E-state index >= 15 is 0 Å². The number of fused-ring (bicyclic) bond motifs is 1. The Hall–Kier alpha value is -2.08. The summed E-state index contributed by atoms with van der Waals surface area (Å²) in [7, 11) is 3.28. The summed E-state index contributed by atoms with van der Waals surface area (Å²) in [6, 6.07) is 4.08. The van der Waals surface area contributed by atoms with Gasteiger partial charge in [-0.25, -0.2) is 4.98 Å². The van der Waals surface area contributed by atoms with E-state index in [1.54, 1.807) is 25.6 Å². The van der Waals surface area contributed by atoms with Gasteiger partial charge in [0.05, 0.1) is 31.5 Å². The zero-order valence-electron chi connectivity index (χ0n) is 15.2. The van der Waals surface area contributed by atoms with Crippen LogP contribution < -0.4 is 9.47 Å². The predicted molar refractivity (Wildman–Crippen MR) is 98.6 cm³/mol. The molecule has 0 radical (unpaired) electrons. The summed E-state index contributed by atoms with van der Waals surface area (Å²) in [5, 5.41) is 0. The number of carbonyl (C=O) groups is 1. The first-order valence-electron chi connectivity index (χ1n) is 8.48. The zero-order chi connectivity index (χ0) is 18.0. The van der Waals surface area contributed by atoms with Gasteiger partial charge in [0, 0.05) is 17.8 Å². The molecule has 1 aliphatic rings. The molecule has 1 unspecified atom stereocenters. The summed E-state index contributed by atoms with van der Waals surface area (Å²) < 4.78 is 10.8. The van der Waals surface area contributed by atoms with Crippen molar-refractivity contribution in [3.05, 3.63) is 39.3 Å². The average molecular weight is 360 g/mol. The van der Waals surface area contributed by atoms with Crippen molar-refractivity contribution in [1.82, 2.24) is 9.88 Å². The molecule has 0 saturated carbocycles. The number of ether oxygens (including phenoxy) is 2. The zero-order valence-corrected chi connectivity index (χ0v) is 16.0. The summed E-state index contributed by atoms with van der Waals surface area (Å²) in [6.45, 7) is 4.82. The molecule has 0 fully saturated rings. The molecule has 1 atom stereocenters. The number of aromatic nitrogens is 1. The largest absolute Gasteiger partial charge is 0.493 e. The molecule has 2 heterocycles. The molecular weight excluding hydrogens is 336 g/mol. The van der Waals surface area contributed by atoms with Gasteiger partial charge >= 0.3 is 0 Å². The highest BCUT2D eigenvalue weighted by Gasteiger charge is 2.29. The van der Waals surface area contributed by atoms with Crippen molar-refractivity contribution in [2.24, 2.45) is 0 Å². The molecule has 6 heteroatoms. The highest BCUT2D eigenvalue weighted by Crippen LogP contribution is 2.38. The predicted octanol–water partition coefficient (Wildman–Crippen LogP) is 3.55. The van der Waals surface area contributed by atoms with Crippen LogP contribution in [0.25, 0.3) is 0 Å². The number of hydrogen-bond donors (Lipinski definition) is 0.